The molecule has 2 aromatic rings. The maximum Gasteiger partial charge on any atom is 0.0918 e. The van der Waals surface area contributed by atoms with Crippen LogP contribution in [0, 0.1) is 0 Å². The van der Waals surface area contributed by atoms with E-state index in [0.717, 1.165) is 10.8 Å². The summed E-state index contributed by atoms with van der Waals surface area (Å²) in [5.41, 5.74) is 2.89. The predicted octanol–water partition coefficient (Wildman–Crippen LogP) is 5.26. The van der Waals surface area contributed by atoms with Gasteiger partial charge in [0.15, 0.2) is 0 Å². The minimum Gasteiger partial charge on any atom is -0.369 e. The number of thiophene rings is 1. The summed E-state index contributed by atoms with van der Waals surface area (Å²) >= 11 is 6.20. The Morgan fingerprint density at radius 1 is 1.21 bits per heavy atom. The third-order valence-electron chi connectivity index (χ3n) is 3.88. The summed E-state index contributed by atoms with van der Waals surface area (Å²) in [5.74, 6) is 0.527. The van der Waals surface area contributed by atoms with Crippen LogP contribution in [-0.4, -0.2) is 10.5 Å². The van der Waals surface area contributed by atoms with Gasteiger partial charge < -0.3 is 4.74 Å². The van der Waals surface area contributed by atoms with Crippen molar-refractivity contribution in [2.45, 2.75) is 33.7 Å². The zero-order chi connectivity index (χ0) is 12.8. The van der Waals surface area contributed by atoms with Crippen molar-refractivity contribution < 1.29 is 4.74 Å². The highest BCUT2D eigenvalue weighted by Gasteiger charge is 2.40. The number of fused-ring (bicyclic) bond motifs is 5. The fraction of sp³-hybridized carbons (Fsp3) is 0.333. The van der Waals surface area contributed by atoms with Gasteiger partial charge in [-0.15, -0.1) is 11.3 Å². The van der Waals surface area contributed by atoms with Gasteiger partial charge in [-0.05, 0) is 29.5 Å². The fourth-order valence-electron chi connectivity index (χ4n) is 3.02. The molecule has 1 nitrogen and oxygen atoms in total. The first kappa shape index (κ1) is 12.7. The summed E-state index contributed by atoms with van der Waals surface area (Å²) in [6, 6.07) is 11.1. The van der Waals surface area contributed by atoms with E-state index in [1.165, 1.54) is 20.2 Å². The van der Waals surface area contributed by atoms with Crippen LogP contribution in [0.2, 0.25) is 0 Å². The lowest BCUT2D eigenvalue weighted by Crippen LogP contribution is -2.07. The highest BCUT2D eigenvalue weighted by Crippen LogP contribution is 2.54. The van der Waals surface area contributed by atoms with Crippen LogP contribution in [0.4, 0.5) is 0 Å². The molecule has 0 saturated carbocycles. The molecule has 0 aliphatic carbocycles. The van der Waals surface area contributed by atoms with Crippen LogP contribution in [0.3, 0.4) is 0 Å². The number of hydrogen-bond donors (Lipinski definition) is 0. The van der Waals surface area contributed by atoms with Crippen LogP contribution >= 0.6 is 45.7 Å². The molecule has 1 aromatic heterocycles. The lowest BCUT2D eigenvalue weighted by Gasteiger charge is -2.17. The van der Waals surface area contributed by atoms with E-state index in [0.29, 0.717) is 12.0 Å². The van der Waals surface area contributed by atoms with Crippen LogP contribution in [0.25, 0.3) is 0 Å². The number of halogens is 1. The van der Waals surface area contributed by atoms with Crippen LogP contribution in [-0.2, 0) is 4.74 Å². The SMILES string of the molecule is IC[C@@H]1C[C@@H]2c3ccccc3Sc3sccc3[C@@H]2O1. The Morgan fingerprint density at radius 3 is 3.00 bits per heavy atom. The van der Waals surface area contributed by atoms with Gasteiger partial charge in [0, 0.05) is 20.8 Å². The Kier molecular flexibility index (Phi) is 3.38. The van der Waals surface area contributed by atoms with Gasteiger partial charge in [0.05, 0.1) is 16.4 Å². The van der Waals surface area contributed by atoms with Crippen molar-refractivity contribution in [3.8, 4) is 0 Å². The van der Waals surface area contributed by atoms with Crippen molar-refractivity contribution in [3.05, 3.63) is 46.8 Å². The molecule has 0 spiro atoms. The predicted molar refractivity (Wildman–Crippen MR) is 88.7 cm³/mol. The number of alkyl halides is 1. The summed E-state index contributed by atoms with van der Waals surface area (Å²) in [5, 5.41) is 2.20. The molecular weight excluding hydrogens is 387 g/mol. The molecule has 0 N–H and O–H groups in total. The molecule has 98 valence electrons. The first-order chi connectivity index (χ1) is 9.36. The van der Waals surface area contributed by atoms with E-state index >= 15 is 0 Å². The van der Waals surface area contributed by atoms with Crippen molar-refractivity contribution in [3.63, 3.8) is 0 Å². The highest BCUT2D eigenvalue weighted by molar-refractivity contribution is 14.1. The average Bonchev–Trinajstić information content (AvgIpc) is 3.03. The second-order valence-electron chi connectivity index (χ2n) is 4.98. The number of ether oxygens (including phenoxy) is 1. The van der Waals surface area contributed by atoms with Crippen molar-refractivity contribution in [1.29, 1.82) is 0 Å². The van der Waals surface area contributed by atoms with Gasteiger partial charge in [0.2, 0.25) is 0 Å². The summed E-state index contributed by atoms with van der Waals surface area (Å²) in [7, 11) is 0. The molecule has 2 aliphatic heterocycles. The second-order valence-corrected chi connectivity index (χ2v) is 8.09. The van der Waals surface area contributed by atoms with Crippen molar-refractivity contribution >= 4 is 45.7 Å². The molecule has 1 aromatic carbocycles. The normalized spacial score (nSPS) is 28.4. The van der Waals surface area contributed by atoms with Crippen LogP contribution in [0.5, 0.6) is 0 Å². The molecule has 4 rings (SSSR count). The first-order valence-corrected chi connectivity index (χ1v) is 9.64. The summed E-state index contributed by atoms with van der Waals surface area (Å²) in [4.78, 5) is 1.41. The Bertz CT molecular complexity index is 610. The van der Waals surface area contributed by atoms with Crippen LogP contribution in [0.15, 0.2) is 44.8 Å². The molecule has 0 radical (unpaired) electrons. The monoisotopic (exact) mass is 400 g/mol. The molecule has 0 bridgehead atoms. The van der Waals surface area contributed by atoms with Gasteiger partial charge in [-0.2, -0.15) is 0 Å². The quantitative estimate of drug-likeness (QED) is 0.477. The van der Waals surface area contributed by atoms with Gasteiger partial charge in [-0.1, -0.05) is 52.6 Å². The fourth-order valence-corrected chi connectivity index (χ4v) is 5.86. The van der Waals surface area contributed by atoms with Crippen LogP contribution in [0.1, 0.15) is 29.6 Å². The zero-order valence-electron chi connectivity index (χ0n) is 10.2. The molecule has 3 heterocycles. The van der Waals surface area contributed by atoms with Crippen molar-refractivity contribution in [2.75, 3.05) is 4.43 Å². The largest absolute Gasteiger partial charge is 0.369 e. The molecule has 1 fully saturated rings. The number of hydrogen-bond acceptors (Lipinski definition) is 3. The van der Waals surface area contributed by atoms with E-state index in [1.54, 1.807) is 0 Å². The Labute approximate surface area is 134 Å². The minimum absolute atomic E-state index is 0.261. The van der Waals surface area contributed by atoms with Gasteiger partial charge in [0.25, 0.3) is 0 Å². The first-order valence-electron chi connectivity index (χ1n) is 6.42. The summed E-state index contributed by atoms with van der Waals surface area (Å²) in [6.07, 6.45) is 1.82. The van der Waals surface area contributed by atoms with Gasteiger partial charge in [0.1, 0.15) is 0 Å². The topological polar surface area (TPSA) is 9.23 Å². The average molecular weight is 400 g/mol. The minimum atomic E-state index is 0.261. The lowest BCUT2D eigenvalue weighted by molar-refractivity contribution is 0.0539. The molecule has 0 amide bonds. The van der Waals surface area contributed by atoms with Gasteiger partial charge >= 0.3 is 0 Å². The standard InChI is InChI=1S/C15H13IOS2/c16-8-9-7-12-10-3-1-2-4-13(10)19-15-11(5-6-18-15)14(12)17-9/h1-6,9,12,14H,7-8H2/t9-,12+,14-/m0/s1. The maximum atomic E-state index is 6.32. The van der Waals surface area contributed by atoms with Crippen molar-refractivity contribution in [2.24, 2.45) is 0 Å². The third-order valence-corrected chi connectivity index (χ3v) is 7.14. The number of benzene rings is 1. The van der Waals surface area contributed by atoms with Crippen LogP contribution < -0.4 is 0 Å². The maximum absolute atomic E-state index is 6.32. The van der Waals surface area contributed by atoms with E-state index in [2.05, 4.69) is 58.3 Å². The smallest absolute Gasteiger partial charge is 0.0918 e. The number of rotatable bonds is 1. The molecule has 1 saturated heterocycles. The molecule has 3 atom stereocenters. The molecule has 19 heavy (non-hydrogen) atoms. The van der Waals surface area contributed by atoms with Crippen molar-refractivity contribution in [1.82, 2.24) is 0 Å². The zero-order valence-corrected chi connectivity index (χ0v) is 14.0. The highest BCUT2D eigenvalue weighted by atomic mass is 127. The van der Waals surface area contributed by atoms with Gasteiger partial charge in [-0.25, -0.2) is 0 Å². The Balaban J connectivity index is 1.87. The lowest BCUT2D eigenvalue weighted by atomic mass is 9.89. The molecule has 4 heteroatoms. The third kappa shape index (κ3) is 2.07. The Hall–Kier alpha value is -0.0400. The van der Waals surface area contributed by atoms with E-state index in [9.17, 15) is 0 Å². The molecular formula is C15H13IOS2. The van der Waals surface area contributed by atoms with E-state index in [1.807, 2.05) is 23.1 Å². The Morgan fingerprint density at radius 2 is 2.11 bits per heavy atom. The summed E-state index contributed by atoms with van der Waals surface area (Å²) in [6.45, 7) is 0. The molecule has 2 aliphatic rings. The van der Waals surface area contributed by atoms with E-state index < -0.39 is 0 Å². The second kappa shape index (κ2) is 5.06. The van der Waals surface area contributed by atoms with E-state index in [4.69, 9.17) is 4.74 Å². The molecule has 0 unspecified atom stereocenters. The van der Waals surface area contributed by atoms with Gasteiger partial charge in [-0.3, -0.25) is 0 Å². The van der Waals surface area contributed by atoms with E-state index in [-0.39, 0.29) is 6.10 Å². The summed E-state index contributed by atoms with van der Waals surface area (Å²) < 4.78 is 8.82.